The first-order valence-electron chi connectivity index (χ1n) is 6.39. The van der Waals surface area contributed by atoms with Crippen LogP contribution in [0.1, 0.15) is 18.4 Å². The summed E-state index contributed by atoms with van der Waals surface area (Å²) in [7, 11) is -3.07. The van der Waals surface area contributed by atoms with Crippen molar-refractivity contribution in [1.29, 1.82) is 0 Å². The van der Waals surface area contributed by atoms with Crippen LogP contribution in [0, 0.1) is 30.6 Å². The Hall–Kier alpha value is -0.830. The van der Waals surface area contributed by atoms with E-state index in [1.807, 2.05) is 19.1 Å². The molecule has 0 spiro atoms. The van der Waals surface area contributed by atoms with Gasteiger partial charge < -0.3 is 0 Å². The van der Waals surface area contributed by atoms with E-state index in [1.165, 1.54) is 12.8 Å². The molecule has 5 rings (SSSR count). The molecular weight excluding hydrogens is 232 g/mol. The van der Waals surface area contributed by atoms with Crippen LogP contribution in [0.3, 0.4) is 0 Å². The summed E-state index contributed by atoms with van der Waals surface area (Å²) >= 11 is 0. The van der Waals surface area contributed by atoms with Crippen LogP contribution in [0.15, 0.2) is 29.2 Å². The van der Waals surface area contributed by atoms with Crippen molar-refractivity contribution in [3.8, 4) is 0 Å². The molecule has 17 heavy (non-hydrogen) atoms. The Balaban J connectivity index is 1.75. The van der Waals surface area contributed by atoms with E-state index in [4.69, 9.17) is 0 Å². The zero-order valence-corrected chi connectivity index (χ0v) is 10.7. The maximum Gasteiger partial charge on any atom is 0.181 e. The second-order valence-electron chi connectivity index (χ2n) is 5.96. The smallest absolute Gasteiger partial charge is 0.181 e. The molecule has 4 fully saturated rings. The topological polar surface area (TPSA) is 34.1 Å². The quantitative estimate of drug-likeness (QED) is 0.805. The summed E-state index contributed by atoms with van der Waals surface area (Å²) in [6.45, 7) is 1.99. The molecular formula is C14H16O2S. The molecule has 0 unspecified atom stereocenters. The van der Waals surface area contributed by atoms with Crippen molar-refractivity contribution in [1.82, 2.24) is 0 Å². The van der Waals surface area contributed by atoms with Crippen LogP contribution in [-0.2, 0) is 9.84 Å². The van der Waals surface area contributed by atoms with Crippen molar-refractivity contribution in [2.45, 2.75) is 29.9 Å². The summed E-state index contributed by atoms with van der Waals surface area (Å²) in [6.07, 6.45) is 2.34. The van der Waals surface area contributed by atoms with E-state index >= 15 is 0 Å². The summed E-state index contributed by atoms with van der Waals surface area (Å²) in [6, 6.07) is 7.35. The highest BCUT2D eigenvalue weighted by Gasteiger charge is 2.71. The van der Waals surface area contributed by atoms with E-state index in [1.54, 1.807) is 12.1 Å². The molecule has 0 aromatic heterocycles. The molecule has 1 aromatic carbocycles. The average Bonchev–Trinajstić information content (AvgIpc) is 2.76. The van der Waals surface area contributed by atoms with Gasteiger partial charge in [-0.2, -0.15) is 0 Å². The maximum absolute atomic E-state index is 12.6. The molecule has 2 nitrogen and oxygen atoms in total. The molecule has 3 atom stereocenters. The van der Waals surface area contributed by atoms with Crippen molar-refractivity contribution in [3.05, 3.63) is 29.8 Å². The Labute approximate surface area is 102 Å². The first-order valence-corrected chi connectivity index (χ1v) is 7.94. The predicted molar refractivity (Wildman–Crippen MR) is 65.3 cm³/mol. The van der Waals surface area contributed by atoms with E-state index in [0.717, 1.165) is 17.4 Å². The summed E-state index contributed by atoms with van der Waals surface area (Å²) < 4.78 is 25.2. The third-order valence-electron chi connectivity index (χ3n) is 5.10. The first kappa shape index (κ1) is 10.1. The van der Waals surface area contributed by atoms with Gasteiger partial charge in [0.2, 0.25) is 0 Å². The van der Waals surface area contributed by atoms with Gasteiger partial charge in [-0.1, -0.05) is 17.7 Å². The number of hydrogen-bond acceptors (Lipinski definition) is 2. The molecule has 4 saturated carbocycles. The first-order chi connectivity index (χ1) is 8.09. The number of benzene rings is 1. The fraction of sp³-hybridized carbons (Fsp3) is 0.571. The number of hydrogen-bond donors (Lipinski definition) is 0. The summed E-state index contributed by atoms with van der Waals surface area (Å²) in [5, 5.41) is -0.0554. The van der Waals surface area contributed by atoms with Crippen LogP contribution in [0.5, 0.6) is 0 Å². The number of sulfone groups is 1. The molecule has 0 N–H and O–H groups in total. The van der Waals surface area contributed by atoms with Gasteiger partial charge in [0.15, 0.2) is 9.84 Å². The molecule has 90 valence electrons. The lowest BCUT2D eigenvalue weighted by molar-refractivity contribution is 0.542. The van der Waals surface area contributed by atoms with Crippen molar-refractivity contribution in [3.63, 3.8) is 0 Å². The van der Waals surface area contributed by atoms with Gasteiger partial charge in [0.25, 0.3) is 0 Å². The SMILES string of the molecule is Cc1ccc(S(=O)(=O)[C@H]2C3C[C@H]4C2[C@@H]4C3)cc1. The highest BCUT2D eigenvalue weighted by molar-refractivity contribution is 7.92. The minimum atomic E-state index is -3.07. The number of rotatable bonds is 2. The summed E-state index contributed by atoms with van der Waals surface area (Å²) in [5.74, 6) is 2.48. The van der Waals surface area contributed by atoms with Crippen LogP contribution < -0.4 is 0 Å². The fourth-order valence-corrected chi connectivity index (χ4v) is 6.73. The van der Waals surface area contributed by atoms with Crippen LogP contribution in [0.25, 0.3) is 0 Å². The van der Waals surface area contributed by atoms with E-state index in [9.17, 15) is 8.42 Å². The average molecular weight is 248 g/mol. The Bertz CT molecular complexity index is 559. The van der Waals surface area contributed by atoms with Gasteiger partial charge in [0.05, 0.1) is 10.1 Å². The van der Waals surface area contributed by atoms with Gasteiger partial charge in [0, 0.05) is 0 Å². The maximum atomic E-state index is 12.6. The van der Waals surface area contributed by atoms with Gasteiger partial charge in [-0.15, -0.1) is 0 Å². The Morgan fingerprint density at radius 1 is 1.06 bits per heavy atom. The van der Waals surface area contributed by atoms with Gasteiger partial charge in [0.1, 0.15) is 0 Å². The molecule has 3 heteroatoms. The molecule has 1 aromatic rings. The second kappa shape index (κ2) is 2.94. The fourth-order valence-electron chi connectivity index (χ4n) is 4.35. The molecule has 0 aliphatic heterocycles. The highest BCUT2D eigenvalue weighted by Crippen LogP contribution is 2.72. The lowest BCUT2D eigenvalue weighted by Crippen LogP contribution is -2.25. The van der Waals surface area contributed by atoms with Gasteiger partial charge >= 0.3 is 0 Å². The van der Waals surface area contributed by atoms with Crippen LogP contribution >= 0.6 is 0 Å². The number of aryl methyl sites for hydroxylation is 1. The van der Waals surface area contributed by atoms with Gasteiger partial charge in [-0.05, 0) is 55.6 Å². The molecule has 0 radical (unpaired) electrons. The second-order valence-corrected chi connectivity index (χ2v) is 8.06. The molecule has 0 amide bonds. The Morgan fingerprint density at radius 3 is 2.12 bits per heavy atom. The van der Waals surface area contributed by atoms with Gasteiger partial charge in [-0.25, -0.2) is 8.42 Å². The third-order valence-corrected chi connectivity index (χ3v) is 7.44. The molecule has 0 saturated heterocycles. The summed E-state index contributed by atoms with van der Waals surface area (Å²) in [4.78, 5) is 0.534. The molecule has 4 bridgehead atoms. The normalized spacial score (nSPS) is 41.8. The van der Waals surface area contributed by atoms with Crippen molar-refractivity contribution >= 4 is 9.84 Å². The van der Waals surface area contributed by atoms with Crippen LogP contribution in [0.2, 0.25) is 0 Å². The highest BCUT2D eigenvalue weighted by atomic mass is 32.2. The summed E-state index contributed by atoms with van der Waals surface area (Å²) in [5.41, 5.74) is 1.11. The van der Waals surface area contributed by atoms with Crippen molar-refractivity contribution in [2.24, 2.45) is 23.7 Å². The van der Waals surface area contributed by atoms with Crippen LogP contribution in [0.4, 0.5) is 0 Å². The van der Waals surface area contributed by atoms with E-state index in [2.05, 4.69) is 0 Å². The van der Waals surface area contributed by atoms with E-state index in [-0.39, 0.29) is 5.25 Å². The lowest BCUT2D eigenvalue weighted by atomic mass is 10.1. The minimum absolute atomic E-state index is 0.0554. The zero-order chi connectivity index (χ0) is 11.8. The molecule has 0 heterocycles. The Morgan fingerprint density at radius 2 is 1.65 bits per heavy atom. The standard InChI is InChI=1S/C14H16O2S/c1-8-2-4-10(5-3-8)17(15,16)14-9-6-11-12(7-9)13(11)14/h2-5,9,11-14H,6-7H2,1H3/t9?,11-,12-,13?,14+/m1/s1. The molecule has 4 aliphatic carbocycles. The zero-order valence-electron chi connectivity index (χ0n) is 9.84. The van der Waals surface area contributed by atoms with E-state index < -0.39 is 9.84 Å². The van der Waals surface area contributed by atoms with Crippen LogP contribution in [-0.4, -0.2) is 13.7 Å². The Kier molecular flexibility index (Phi) is 1.75. The monoisotopic (exact) mass is 248 g/mol. The van der Waals surface area contributed by atoms with E-state index in [0.29, 0.717) is 16.7 Å². The predicted octanol–water partition coefficient (Wildman–Crippen LogP) is 2.42. The van der Waals surface area contributed by atoms with Gasteiger partial charge in [-0.3, -0.25) is 0 Å². The van der Waals surface area contributed by atoms with Crippen molar-refractivity contribution in [2.75, 3.05) is 0 Å². The minimum Gasteiger partial charge on any atom is -0.223 e. The molecule has 4 aliphatic rings. The third kappa shape index (κ3) is 1.18. The largest absolute Gasteiger partial charge is 0.223 e. The van der Waals surface area contributed by atoms with Crippen molar-refractivity contribution < 1.29 is 8.42 Å². The lowest BCUT2D eigenvalue weighted by Gasteiger charge is -2.15.